The Morgan fingerprint density at radius 2 is 2.07 bits per heavy atom. The average molecular weight is 211 g/mol. The molecule has 0 radical (unpaired) electrons. The summed E-state index contributed by atoms with van der Waals surface area (Å²) in [6.07, 6.45) is 3.60. The summed E-state index contributed by atoms with van der Waals surface area (Å²) in [6.45, 7) is 7.49. The maximum atomic E-state index is 4.15. The van der Waals surface area contributed by atoms with Gasteiger partial charge in [0.1, 0.15) is 17.2 Å². The molecule has 0 spiro atoms. The highest BCUT2D eigenvalue weighted by atomic mass is 32.2. The van der Waals surface area contributed by atoms with Gasteiger partial charge in [0.15, 0.2) is 0 Å². The van der Waals surface area contributed by atoms with E-state index in [1.54, 1.807) is 18.1 Å². The normalized spacial score (nSPS) is 11.4. The van der Waals surface area contributed by atoms with Gasteiger partial charge in [-0.2, -0.15) is 0 Å². The molecular formula is C10H17N3S. The molecule has 1 N–H and O–H groups in total. The van der Waals surface area contributed by atoms with Crippen molar-refractivity contribution in [2.75, 3.05) is 18.1 Å². The fourth-order valence-corrected chi connectivity index (χ4v) is 1.29. The first kappa shape index (κ1) is 11.3. The summed E-state index contributed by atoms with van der Waals surface area (Å²) < 4.78 is 0. The van der Waals surface area contributed by atoms with Crippen LogP contribution in [0.1, 0.15) is 20.8 Å². The van der Waals surface area contributed by atoms with Crippen LogP contribution >= 0.6 is 11.8 Å². The molecule has 0 aromatic carbocycles. The lowest BCUT2D eigenvalue weighted by molar-refractivity contribution is 0.442. The molecule has 1 aromatic rings. The standard InChI is InChI=1S/C10H17N3S/c1-10(2,3)6-11-8-5-9(14-4)13-7-12-8/h5,7H,6H2,1-4H3,(H,11,12,13). The number of thioether (sulfide) groups is 1. The van der Waals surface area contributed by atoms with Crippen LogP contribution in [0.3, 0.4) is 0 Å². The van der Waals surface area contributed by atoms with Crippen molar-refractivity contribution < 1.29 is 0 Å². The van der Waals surface area contributed by atoms with Crippen LogP contribution in [0, 0.1) is 5.41 Å². The number of rotatable bonds is 3. The molecule has 0 amide bonds. The van der Waals surface area contributed by atoms with E-state index < -0.39 is 0 Å². The molecule has 0 atom stereocenters. The largest absolute Gasteiger partial charge is 0.369 e. The molecular weight excluding hydrogens is 194 g/mol. The van der Waals surface area contributed by atoms with Gasteiger partial charge in [-0.25, -0.2) is 9.97 Å². The number of hydrogen-bond donors (Lipinski definition) is 1. The predicted molar refractivity (Wildman–Crippen MR) is 61.8 cm³/mol. The molecule has 0 aliphatic carbocycles. The summed E-state index contributed by atoms with van der Waals surface area (Å²) in [6, 6.07) is 1.97. The quantitative estimate of drug-likeness (QED) is 0.616. The molecule has 14 heavy (non-hydrogen) atoms. The Morgan fingerprint density at radius 1 is 1.36 bits per heavy atom. The summed E-state index contributed by atoms with van der Waals surface area (Å²) in [5, 5.41) is 4.29. The van der Waals surface area contributed by atoms with Crippen LogP contribution in [-0.2, 0) is 0 Å². The fraction of sp³-hybridized carbons (Fsp3) is 0.600. The number of hydrogen-bond acceptors (Lipinski definition) is 4. The molecule has 0 bridgehead atoms. The highest BCUT2D eigenvalue weighted by Crippen LogP contribution is 2.16. The van der Waals surface area contributed by atoms with Gasteiger partial charge >= 0.3 is 0 Å². The maximum Gasteiger partial charge on any atom is 0.130 e. The van der Waals surface area contributed by atoms with Gasteiger partial charge in [-0.3, -0.25) is 0 Å². The first-order valence-electron chi connectivity index (χ1n) is 4.61. The fourth-order valence-electron chi connectivity index (χ4n) is 0.903. The van der Waals surface area contributed by atoms with Crippen molar-refractivity contribution >= 4 is 17.6 Å². The van der Waals surface area contributed by atoms with E-state index in [-0.39, 0.29) is 5.41 Å². The van der Waals surface area contributed by atoms with E-state index in [2.05, 4.69) is 36.1 Å². The molecule has 1 heterocycles. The third-order valence-corrected chi connectivity index (χ3v) is 2.29. The van der Waals surface area contributed by atoms with Gasteiger partial charge in [-0.05, 0) is 11.7 Å². The second-order valence-electron chi connectivity index (χ2n) is 4.36. The van der Waals surface area contributed by atoms with Crippen molar-refractivity contribution in [3.8, 4) is 0 Å². The van der Waals surface area contributed by atoms with Gasteiger partial charge in [-0.15, -0.1) is 11.8 Å². The Labute approximate surface area is 89.7 Å². The van der Waals surface area contributed by atoms with Crippen LogP contribution in [0.15, 0.2) is 17.4 Å². The number of nitrogens with zero attached hydrogens (tertiary/aromatic N) is 2. The van der Waals surface area contributed by atoms with Crippen molar-refractivity contribution in [1.82, 2.24) is 9.97 Å². The van der Waals surface area contributed by atoms with Gasteiger partial charge < -0.3 is 5.32 Å². The van der Waals surface area contributed by atoms with E-state index >= 15 is 0 Å². The molecule has 3 nitrogen and oxygen atoms in total. The van der Waals surface area contributed by atoms with Crippen LogP contribution < -0.4 is 5.32 Å². The molecule has 1 aromatic heterocycles. The zero-order valence-electron chi connectivity index (χ0n) is 9.16. The molecule has 0 saturated carbocycles. The van der Waals surface area contributed by atoms with Gasteiger partial charge in [0.25, 0.3) is 0 Å². The zero-order chi connectivity index (χ0) is 10.6. The first-order chi connectivity index (χ1) is 6.51. The van der Waals surface area contributed by atoms with Crippen molar-refractivity contribution in [3.05, 3.63) is 12.4 Å². The highest BCUT2D eigenvalue weighted by Gasteiger charge is 2.09. The van der Waals surface area contributed by atoms with E-state index in [9.17, 15) is 0 Å². The lowest BCUT2D eigenvalue weighted by Crippen LogP contribution is -2.19. The molecule has 0 aliphatic rings. The van der Waals surface area contributed by atoms with Crippen molar-refractivity contribution in [1.29, 1.82) is 0 Å². The Kier molecular flexibility index (Phi) is 3.75. The molecule has 78 valence electrons. The van der Waals surface area contributed by atoms with Crippen molar-refractivity contribution in [2.45, 2.75) is 25.8 Å². The van der Waals surface area contributed by atoms with Crippen LogP contribution in [-0.4, -0.2) is 22.8 Å². The van der Waals surface area contributed by atoms with Crippen LogP contribution in [0.25, 0.3) is 0 Å². The Hall–Kier alpha value is -0.770. The molecule has 0 aliphatic heterocycles. The van der Waals surface area contributed by atoms with E-state index in [0.717, 1.165) is 17.4 Å². The Bertz CT molecular complexity index is 294. The van der Waals surface area contributed by atoms with Crippen molar-refractivity contribution in [2.24, 2.45) is 5.41 Å². The van der Waals surface area contributed by atoms with Crippen LogP contribution in [0.4, 0.5) is 5.82 Å². The Balaban J connectivity index is 2.59. The summed E-state index contributed by atoms with van der Waals surface area (Å²) in [5.74, 6) is 0.902. The predicted octanol–water partition coefficient (Wildman–Crippen LogP) is 2.66. The van der Waals surface area contributed by atoms with Gasteiger partial charge in [0, 0.05) is 12.6 Å². The molecule has 1 rings (SSSR count). The summed E-state index contributed by atoms with van der Waals surface area (Å²) in [4.78, 5) is 8.27. The minimum absolute atomic E-state index is 0.268. The molecule has 0 saturated heterocycles. The van der Waals surface area contributed by atoms with Gasteiger partial charge in [0.05, 0.1) is 0 Å². The number of nitrogens with one attached hydrogen (secondary N) is 1. The third-order valence-electron chi connectivity index (χ3n) is 1.65. The van der Waals surface area contributed by atoms with E-state index in [0.29, 0.717) is 0 Å². The van der Waals surface area contributed by atoms with E-state index in [1.807, 2.05) is 12.3 Å². The Morgan fingerprint density at radius 3 is 2.64 bits per heavy atom. The molecule has 4 heteroatoms. The van der Waals surface area contributed by atoms with Crippen LogP contribution in [0.5, 0.6) is 0 Å². The smallest absolute Gasteiger partial charge is 0.130 e. The SMILES string of the molecule is CSc1cc(NCC(C)(C)C)ncn1. The molecule has 0 fully saturated rings. The minimum Gasteiger partial charge on any atom is -0.369 e. The van der Waals surface area contributed by atoms with Crippen LogP contribution in [0.2, 0.25) is 0 Å². The highest BCUT2D eigenvalue weighted by molar-refractivity contribution is 7.98. The monoisotopic (exact) mass is 211 g/mol. The lowest BCUT2D eigenvalue weighted by atomic mass is 9.97. The summed E-state index contributed by atoms with van der Waals surface area (Å²) in [7, 11) is 0. The molecule has 0 unspecified atom stereocenters. The minimum atomic E-state index is 0.268. The second kappa shape index (κ2) is 4.64. The van der Waals surface area contributed by atoms with Crippen molar-refractivity contribution in [3.63, 3.8) is 0 Å². The summed E-state index contributed by atoms with van der Waals surface area (Å²) >= 11 is 1.63. The lowest BCUT2D eigenvalue weighted by Gasteiger charge is -2.19. The maximum absolute atomic E-state index is 4.15. The second-order valence-corrected chi connectivity index (χ2v) is 5.19. The topological polar surface area (TPSA) is 37.8 Å². The number of anilines is 1. The van der Waals surface area contributed by atoms with E-state index in [4.69, 9.17) is 0 Å². The average Bonchev–Trinajstić information content (AvgIpc) is 2.14. The third kappa shape index (κ3) is 3.96. The van der Waals surface area contributed by atoms with Gasteiger partial charge in [0.2, 0.25) is 0 Å². The zero-order valence-corrected chi connectivity index (χ0v) is 9.98. The number of aromatic nitrogens is 2. The van der Waals surface area contributed by atoms with Gasteiger partial charge in [-0.1, -0.05) is 20.8 Å². The first-order valence-corrected chi connectivity index (χ1v) is 5.84. The summed E-state index contributed by atoms with van der Waals surface area (Å²) in [5.41, 5.74) is 0.268. The van der Waals surface area contributed by atoms with E-state index in [1.165, 1.54) is 0 Å².